The summed E-state index contributed by atoms with van der Waals surface area (Å²) < 4.78 is 1.98. The second-order valence-corrected chi connectivity index (χ2v) is 6.75. The lowest BCUT2D eigenvalue weighted by atomic mass is 10.3. The van der Waals surface area contributed by atoms with Crippen molar-refractivity contribution >= 4 is 23.0 Å². The van der Waals surface area contributed by atoms with Gasteiger partial charge in [-0.1, -0.05) is 6.07 Å². The number of pyridine rings is 1. The summed E-state index contributed by atoms with van der Waals surface area (Å²) in [5, 5.41) is 4.97. The van der Waals surface area contributed by atoms with Crippen LogP contribution in [0.5, 0.6) is 0 Å². The highest BCUT2D eigenvalue weighted by Crippen LogP contribution is 2.17. The van der Waals surface area contributed by atoms with E-state index in [2.05, 4.69) is 28.7 Å². The largest absolute Gasteiger partial charge is 0.332 e. The van der Waals surface area contributed by atoms with Gasteiger partial charge in [-0.25, -0.2) is 9.78 Å². The van der Waals surface area contributed by atoms with Crippen molar-refractivity contribution in [2.45, 2.75) is 26.9 Å². The molecule has 0 unspecified atom stereocenters. The molecule has 0 bridgehead atoms. The Bertz CT molecular complexity index is 836. The Hall–Kier alpha value is -2.34. The third-order valence-electron chi connectivity index (χ3n) is 3.77. The normalized spacial score (nSPS) is 10.9. The average molecular weight is 328 g/mol. The second-order valence-electron chi connectivity index (χ2n) is 5.75. The smallest absolute Gasteiger partial charge is 0.317 e. The van der Waals surface area contributed by atoms with E-state index in [0.29, 0.717) is 13.1 Å². The molecule has 0 fully saturated rings. The van der Waals surface area contributed by atoms with E-state index in [0.717, 1.165) is 11.3 Å². The summed E-state index contributed by atoms with van der Waals surface area (Å²) in [5.41, 5.74) is 4.15. The van der Waals surface area contributed by atoms with Gasteiger partial charge in [0.25, 0.3) is 0 Å². The Balaban J connectivity index is 1.60. The molecule has 23 heavy (non-hydrogen) atoms. The van der Waals surface area contributed by atoms with E-state index in [4.69, 9.17) is 0 Å². The number of thiophene rings is 1. The van der Waals surface area contributed by atoms with Crippen molar-refractivity contribution in [1.29, 1.82) is 0 Å². The minimum absolute atomic E-state index is 0.0916. The monoisotopic (exact) mass is 328 g/mol. The van der Waals surface area contributed by atoms with E-state index >= 15 is 0 Å². The molecule has 3 aromatic rings. The first-order valence-electron chi connectivity index (χ1n) is 7.49. The number of amides is 2. The fourth-order valence-electron chi connectivity index (χ4n) is 2.40. The van der Waals surface area contributed by atoms with Crippen LogP contribution in [0.25, 0.3) is 5.65 Å². The molecule has 0 saturated carbocycles. The molecule has 0 atom stereocenters. The van der Waals surface area contributed by atoms with Crippen molar-refractivity contribution in [1.82, 2.24) is 19.6 Å². The number of aromatic nitrogens is 2. The van der Waals surface area contributed by atoms with E-state index < -0.39 is 0 Å². The number of aryl methyl sites for hydroxylation is 2. The van der Waals surface area contributed by atoms with Crippen LogP contribution in [0.15, 0.2) is 36.0 Å². The quantitative estimate of drug-likeness (QED) is 0.798. The number of nitrogens with zero attached hydrogens (tertiary/aromatic N) is 3. The van der Waals surface area contributed by atoms with E-state index in [1.54, 1.807) is 16.2 Å². The van der Waals surface area contributed by atoms with Gasteiger partial charge in [-0.3, -0.25) is 0 Å². The molecule has 0 aromatic carbocycles. The molecule has 0 radical (unpaired) electrons. The SMILES string of the molecule is Cc1ccc2nc(CNC(=O)N(C)Cc3sccc3C)cn2c1. The average Bonchev–Trinajstić information content (AvgIpc) is 3.10. The first-order chi connectivity index (χ1) is 11.0. The lowest BCUT2D eigenvalue weighted by Gasteiger charge is -2.17. The molecular formula is C17H20N4OS. The predicted octanol–water partition coefficient (Wildman–Crippen LogP) is 3.35. The summed E-state index contributed by atoms with van der Waals surface area (Å²) in [6.07, 6.45) is 3.98. The lowest BCUT2D eigenvalue weighted by Crippen LogP contribution is -2.36. The molecule has 0 aliphatic carbocycles. The third kappa shape index (κ3) is 3.53. The number of urea groups is 1. The van der Waals surface area contributed by atoms with Crippen molar-refractivity contribution in [2.24, 2.45) is 0 Å². The highest BCUT2D eigenvalue weighted by molar-refractivity contribution is 7.10. The number of fused-ring (bicyclic) bond motifs is 1. The highest BCUT2D eigenvalue weighted by Gasteiger charge is 2.11. The molecule has 6 heteroatoms. The predicted molar refractivity (Wildman–Crippen MR) is 92.7 cm³/mol. The lowest BCUT2D eigenvalue weighted by molar-refractivity contribution is 0.206. The molecule has 3 heterocycles. The zero-order valence-electron chi connectivity index (χ0n) is 13.5. The van der Waals surface area contributed by atoms with Gasteiger partial charge in [0, 0.05) is 24.3 Å². The number of hydrogen-bond acceptors (Lipinski definition) is 3. The standard InChI is InChI=1S/C17H20N4OS/c1-12-4-5-16-19-14(10-21(16)9-12)8-18-17(22)20(3)11-15-13(2)6-7-23-15/h4-7,9-10H,8,11H2,1-3H3,(H,18,22). The van der Waals surface area contributed by atoms with Crippen LogP contribution in [0.3, 0.4) is 0 Å². The molecule has 0 aliphatic heterocycles. The molecule has 2 amide bonds. The fourth-order valence-corrected chi connectivity index (χ4v) is 3.35. The van der Waals surface area contributed by atoms with Crippen LogP contribution in [-0.2, 0) is 13.1 Å². The summed E-state index contributed by atoms with van der Waals surface area (Å²) in [6.45, 7) is 5.16. The third-order valence-corrected chi connectivity index (χ3v) is 4.77. The van der Waals surface area contributed by atoms with Crippen molar-refractivity contribution in [3.05, 3.63) is 57.7 Å². The highest BCUT2D eigenvalue weighted by atomic mass is 32.1. The van der Waals surface area contributed by atoms with Gasteiger partial charge in [-0.15, -0.1) is 11.3 Å². The Morgan fingerprint density at radius 2 is 2.13 bits per heavy atom. The molecule has 0 aliphatic rings. The van der Waals surface area contributed by atoms with Crippen molar-refractivity contribution in [2.75, 3.05) is 7.05 Å². The number of imidazole rings is 1. The maximum atomic E-state index is 12.2. The summed E-state index contributed by atoms with van der Waals surface area (Å²) in [7, 11) is 1.81. The number of carbonyl (C=O) groups excluding carboxylic acids is 1. The Kier molecular flexibility index (Phi) is 4.34. The van der Waals surface area contributed by atoms with Gasteiger partial charge in [0.05, 0.1) is 18.8 Å². The van der Waals surface area contributed by atoms with Crippen LogP contribution in [0.1, 0.15) is 21.7 Å². The first kappa shape index (κ1) is 15.6. The van der Waals surface area contributed by atoms with Gasteiger partial charge in [-0.05, 0) is 42.5 Å². The summed E-state index contributed by atoms with van der Waals surface area (Å²) in [4.78, 5) is 19.6. The van der Waals surface area contributed by atoms with Gasteiger partial charge in [0.1, 0.15) is 5.65 Å². The number of hydrogen-bond donors (Lipinski definition) is 1. The minimum atomic E-state index is -0.0916. The Labute approximate surface area is 139 Å². The first-order valence-corrected chi connectivity index (χ1v) is 8.37. The van der Waals surface area contributed by atoms with E-state index in [1.807, 2.05) is 42.9 Å². The maximum Gasteiger partial charge on any atom is 0.317 e. The Morgan fingerprint density at radius 3 is 2.87 bits per heavy atom. The number of rotatable bonds is 4. The van der Waals surface area contributed by atoms with E-state index in [-0.39, 0.29) is 6.03 Å². The van der Waals surface area contributed by atoms with Crippen LogP contribution >= 0.6 is 11.3 Å². The number of nitrogens with one attached hydrogen (secondary N) is 1. The maximum absolute atomic E-state index is 12.2. The van der Waals surface area contributed by atoms with Crippen LogP contribution in [0.4, 0.5) is 4.79 Å². The fraction of sp³-hybridized carbons (Fsp3) is 0.294. The van der Waals surface area contributed by atoms with E-state index in [9.17, 15) is 4.79 Å². The minimum Gasteiger partial charge on any atom is -0.332 e. The van der Waals surface area contributed by atoms with Gasteiger partial charge in [0.2, 0.25) is 0 Å². The molecule has 5 nitrogen and oxygen atoms in total. The Morgan fingerprint density at radius 1 is 1.30 bits per heavy atom. The second kappa shape index (κ2) is 6.42. The molecule has 120 valence electrons. The van der Waals surface area contributed by atoms with Gasteiger partial charge >= 0.3 is 6.03 Å². The zero-order valence-corrected chi connectivity index (χ0v) is 14.4. The van der Waals surface area contributed by atoms with Crippen LogP contribution in [-0.4, -0.2) is 27.4 Å². The topological polar surface area (TPSA) is 49.6 Å². The molecule has 3 aromatic heterocycles. The van der Waals surface area contributed by atoms with Crippen molar-refractivity contribution < 1.29 is 4.79 Å². The van der Waals surface area contributed by atoms with Crippen molar-refractivity contribution in [3.63, 3.8) is 0 Å². The number of carbonyl (C=O) groups is 1. The summed E-state index contributed by atoms with van der Waals surface area (Å²) >= 11 is 1.68. The molecule has 0 spiro atoms. The van der Waals surface area contributed by atoms with Crippen LogP contribution in [0, 0.1) is 13.8 Å². The van der Waals surface area contributed by atoms with Crippen LogP contribution < -0.4 is 5.32 Å². The van der Waals surface area contributed by atoms with Gasteiger partial charge < -0.3 is 14.6 Å². The van der Waals surface area contributed by atoms with E-state index in [1.165, 1.54) is 16.0 Å². The van der Waals surface area contributed by atoms with Crippen molar-refractivity contribution in [3.8, 4) is 0 Å². The zero-order chi connectivity index (χ0) is 16.4. The van der Waals surface area contributed by atoms with Gasteiger partial charge in [-0.2, -0.15) is 0 Å². The summed E-state index contributed by atoms with van der Waals surface area (Å²) in [6, 6.07) is 5.99. The van der Waals surface area contributed by atoms with Gasteiger partial charge in [0.15, 0.2) is 0 Å². The van der Waals surface area contributed by atoms with Crippen LogP contribution in [0.2, 0.25) is 0 Å². The molecule has 1 N–H and O–H groups in total. The molecule has 3 rings (SSSR count). The summed E-state index contributed by atoms with van der Waals surface area (Å²) in [5.74, 6) is 0. The molecular weight excluding hydrogens is 308 g/mol. The molecule has 0 saturated heterocycles.